The molecule has 11 heavy (non-hydrogen) atoms. The highest BCUT2D eigenvalue weighted by Gasteiger charge is 2.06. The largest absolute Gasteiger partial charge is 0.328 e. The Morgan fingerprint density at radius 3 is 2.82 bits per heavy atom. The first-order valence-electron chi connectivity index (χ1n) is 3.29. The monoisotopic (exact) mass is 253 g/mol. The quantitative estimate of drug-likeness (QED) is 0.862. The van der Waals surface area contributed by atoms with Crippen LogP contribution >= 0.6 is 38.9 Å². The lowest BCUT2D eigenvalue weighted by molar-refractivity contribution is 0.747. The van der Waals surface area contributed by atoms with Gasteiger partial charge >= 0.3 is 0 Å². The maximum atomic E-state index is 5.91. The van der Waals surface area contributed by atoms with E-state index < -0.39 is 0 Å². The highest BCUT2D eigenvalue weighted by molar-refractivity contribution is 9.11. The fourth-order valence-corrected chi connectivity index (χ4v) is 3.04. The molecule has 1 aromatic rings. The van der Waals surface area contributed by atoms with E-state index in [2.05, 4.69) is 15.9 Å². The summed E-state index contributed by atoms with van der Waals surface area (Å²) in [5.41, 5.74) is 5.64. The second kappa shape index (κ2) is 3.90. The molecule has 0 amide bonds. The zero-order chi connectivity index (χ0) is 8.43. The Morgan fingerprint density at radius 1 is 1.82 bits per heavy atom. The second-order valence-corrected chi connectivity index (χ2v) is 5.43. The molecule has 62 valence electrons. The van der Waals surface area contributed by atoms with Crippen molar-refractivity contribution in [1.29, 1.82) is 0 Å². The van der Waals surface area contributed by atoms with Crippen molar-refractivity contribution in [3.63, 3.8) is 0 Å². The van der Waals surface area contributed by atoms with Gasteiger partial charge in [-0.3, -0.25) is 0 Å². The molecule has 1 rings (SSSR count). The van der Waals surface area contributed by atoms with Gasteiger partial charge < -0.3 is 5.73 Å². The van der Waals surface area contributed by atoms with Crippen molar-refractivity contribution < 1.29 is 0 Å². The molecule has 0 radical (unpaired) electrons. The Hall–Kier alpha value is 0.430. The van der Waals surface area contributed by atoms with Gasteiger partial charge in [-0.05, 0) is 35.3 Å². The van der Waals surface area contributed by atoms with Crippen LogP contribution in [0.4, 0.5) is 0 Å². The molecule has 0 saturated carbocycles. The molecule has 4 heteroatoms. The van der Waals surface area contributed by atoms with E-state index in [4.69, 9.17) is 17.3 Å². The molecule has 1 aromatic heterocycles. The molecule has 1 nitrogen and oxygen atoms in total. The highest BCUT2D eigenvalue weighted by atomic mass is 79.9. The zero-order valence-corrected chi connectivity index (χ0v) is 9.26. The van der Waals surface area contributed by atoms with E-state index >= 15 is 0 Å². The second-order valence-electron chi connectivity index (χ2n) is 2.50. The van der Waals surface area contributed by atoms with Gasteiger partial charge in [0, 0.05) is 10.9 Å². The standard InChI is InChI=1S/C7H9BrClNS/c1-4(10)2-6-5(9)3-7(8)11-6/h3-4H,2,10H2,1H3. The van der Waals surface area contributed by atoms with Crippen LogP contribution in [0.15, 0.2) is 9.85 Å². The van der Waals surface area contributed by atoms with E-state index in [0.29, 0.717) is 0 Å². The van der Waals surface area contributed by atoms with Gasteiger partial charge in [0.25, 0.3) is 0 Å². The normalized spacial score (nSPS) is 13.5. The van der Waals surface area contributed by atoms with E-state index in [1.807, 2.05) is 13.0 Å². The Balaban J connectivity index is 2.77. The van der Waals surface area contributed by atoms with Crippen molar-refractivity contribution in [2.24, 2.45) is 5.73 Å². The fraction of sp³-hybridized carbons (Fsp3) is 0.429. The third-order valence-corrected chi connectivity index (χ3v) is 3.34. The van der Waals surface area contributed by atoms with Crippen LogP contribution in [0.2, 0.25) is 5.02 Å². The van der Waals surface area contributed by atoms with Crippen molar-refractivity contribution in [1.82, 2.24) is 0 Å². The van der Waals surface area contributed by atoms with Gasteiger partial charge in [0.2, 0.25) is 0 Å². The van der Waals surface area contributed by atoms with Crippen LogP contribution in [0.25, 0.3) is 0 Å². The van der Waals surface area contributed by atoms with Gasteiger partial charge in [0.1, 0.15) is 0 Å². The molecule has 0 aliphatic rings. The number of hydrogen-bond donors (Lipinski definition) is 1. The maximum absolute atomic E-state index is 5.91. The van der Waals surface area contributed by atoms with Crippen LogP contribution < -0.4 is 5.73 Å². The van der Waals surface area contributed by atoms with Gasteiger partial charge in [-0.15, -0.1) is 11.3 Å². The summed E-state index contributed by atoms with van der Waals surface area (Å²) < 4.78 is 1.07. The molecule has 1 unspecified atom stereocenters. The molecule has 0 aromatic carbocycles. The van der Waals surface area contributed by atoms with Gasteiger partial charge in [0.05, 0.1) is 8.81 Å². The lowest BCUT2D eigenvalue weighted by Crippen LogP contribution is -2.17. The lowest BCUT2D eigenvalue weighted by atomic mass is 10.2. The molecule has 2 N–H and O–H groups in total. The molecule has 0 fully saturated rings. The number of thiophene rings is 1. The molecule has 1 heterocycles. The summed E-state index contributed by atoms with van der Waals surface area (Å²) in [5.74, 6) is 0. The van der Waals surface area contributed by atoms with E-state index in [9.17, 15) is 0 Å². The molecular formula is C7H9BrClNS. The van der Waals surface area contributed by atoms with Crippen molar-refractivity contribution in [2.45, 2.75) is 19.4 Å². The summed E-state index contributed by atoms with van der Waals surface area (Å²) in [6.07, 6.45) is 0.856. The number of halogens is 2. The first kappa shape index (κ1) is 9.52. The zero-order valence-electron chi connectivity index (χ0n) is 6.10. The third kappa shape index (κ3) is 2.75. The SMILES string of the molecule is CC(N)Cc1sc(Br)cc1Cl. The average molecular weight is 255 g/mol. The Labute approximate surface area is 83.7 Å². The van der Waals surface area contributed by atoms with Crippen molar-refractivity contribution in [3.05, 3.63) is 19.8 Å². The topological polar surface area (TPSA) is 26.0 Å². The number of nitrogens with two attached hydrogens (primary N) is 1. The highest BCUT2D eigenvalue weighted by Crippen LogP contribution is 2.31. The maximum Gasteiger partial charge on any atom is 0.0716 e. The Kier molecular flexibility index (Phi) is 3.37. The average Bonchev–Trinajstić information content (AvgIpc) is 2.09. The van der Waals surface area contributed by atoms with Gasteiger partial charge in [-0.2, -0.15) is 0 Å². The molecule has 0 aliphatic heterocycles. The van der Waals surface area contributed by atoms with Crippen LogP contribution in [0.1, 0.15) is 11.8 Å². The number of hydrogen-bond acceptors (Lipinski definition) is 2. The van der Waals surface area contributed by atoms with Crippen LogP contribution in [0.3, 0.4) is 0 Å². The molecule has 0 aliphatic carbocycles. The van der Waals surface area contributed by atoms with Crippen molar-refractivity contribution >= 4 is 38.9 Å². The summed E-state index contributed by atoms with van der Waals surface area (Å²) in [6.45, 7) is 1.98. The van der Waals surface area contributed by atoms with Crippen molar-refractivity contribution in [3.8, 4) is 0 Å². The third-order valence-electron chi connectivity index (χ3n) is 1.23. The minimum Gasteiger partial charge on any atom is -0.328 e. The fourth-order valence-electron chi connectivity index (χ4n) is 0.808. The smallest absolute Gasteiger partial charge is 0.0716 e. The number of rotatable bonds is 2. The summed E-state index contributed by atoms with van der Waals surface area (Å²) in [5, 5.41) is 0.819. The molecule has 0 bridgehead atoms. The molecular weight excluding hydrogens is 246 g/mol. The van der Waals surface area contributed by atoms with Gasteiger partial charge in [-0.25, -0.2) is 0 Å². The molecule has 1 atom stereocenters. The van der Waals surface area contributed by atoms with E-state index in [-0.39, 0.29) is 6.04 Å². The summed E-state index contributed by atoms with van der Waals surface area (Å²) in [4.78, 5) is 1.16. The predicted octanol–water partition coefficient (Wildman–Crippen LogP) is 3.05. The van der Waals surface area contributed by atoms with E-state index in [1.165, 1.54) is 0 Å². The summed E-state index contributed by atoms with van der Waals surface area (Å²) in [6, 6.07) is 2.09. The van der Waals surface area contributed by atoms with Gasteiger partial charge in [-0.1, -0.05) is 11.6 Å². The minimum absolute atomic E-state index is 0.179. The first-order chi connectivity index (χ1) is 5.09. The van der Waals surface area contributed by atoms with Crippen LogP contribution in [-0.4, -0.2) is 6.04 Å². The summed E-state index contributed by atoms with van der Waals surface area (Å²) in [7, 11) is 0. The van der Waals surface area contributed by atoms with E-state index in [1.54, 1.807) is 11.3 Å². The van der Waals surface area contributed by atoms with Crippen LogP contribution in [-0.2, 0) is 6.42 Å². The predicted molar refractivity (Wildman–Crippen MR) is 54.4 cm³/mol. The van der Waals surface area contributed by atoms with Crippen molar-refractivity contribution in [2.75, 3.05) is 0 Å². The Bertz CT molecular complexity index is 247. The Morgan fingerprint density at radius 2 is 2.45 bits per heavy atom. The molecule has 0 saturated heterocycles. The van der Waals surface area contributed by atoms with E-state index in [0.717, 1.165) is 20.1 Å². The minimum atomic E-state index is 0.179. The van der Waals surface area contributed by atoms with Crippen LogP contribution in [0, 0.1) is 0 Å². The van der Waals surface area contributed by atoms with Gasteiger partial charge in [0.15, 0.2) is 0 Å². The molecule has 0 spiro atoms. The summed E-state index contributed by atoms with van der Waals surface area (Å²) >= 11 is 10.9. The van der Waals surface area contributed by atoms with Crippen LogP contribution in [0.5, 0.6) is 0 Å². The first-order valence-corrected chi connectivity index (χ1v) is 5.27. The lowest BCUT2D eigenvalue weighted by Gasteiger charge is -2.01.